The Morgan fingerprint density at radius 2 is 1.83 bits per heavy atom. The Bertz CT molecular complexity index is 1380. The molecular weight excluding hydrogens is 438 g/mol. The molecule has 0 amide bonds. The Hall–Kier alpha value is -3.44. The number of pyridine rings is 1. The van der Waals surface area contributed by atoms with Crippen molar-refractivity contribution in [3.05, 3.63) is 51.4 Å². The van der Waals surface area contributed by atoms with Gasteiger partial charge in [0.15, 0.2) is 0 Å². The third-order valence-corrected chi connectivity index (χ3v) is 7.93. The number of hydrogen-bond acceptors (Lipinski definition) is 7. The van der Waals surface area contributed by atoms with Gasteiger partial charge < -0.3 is 15.1 Å². The van der Waals surface area contributed by atoms with Crippen LogP contribution in [0.4, 0.5) is 17.3 Å². The van der Waals surface area contributed by atoms with E-state index in [1.165, 1.54) is 16.8 Å². The molecule has 0 spiro atoms. The maximum atomic E-state index is 13.1. The summed E-state index contributed by atoms with van der Waals surface area (Å²) in [6.07, 6.45) is 9.11. The van der Waals surface area contributed by atoms with Crippen LogP contribution in [-0.4, -0.2) is 52.7 Å². The van der Waals surface area contributed by atoms with Gasteiger partial charge in [-0.3, -0.25) is 9.36 Å². The summed E-state index contributed by atoms with van der Waals surface area (Å²) in [4.78, 5) is 27.4. The maximum absolute atomic E-state index is 13.1. The average Bonchev–Trinajstić information content (AvgIpc) is 3.57. The summed E-state index contributed by atoms with van der Waals surface area (Å²) in [5, 5.41) is 13.7. The predicted molar refractivity (Wildman–Crippen MR) is 137 cm³/mol. The summed E-state index contributed by atoms with van der Waals surface area (Å²) < 4.78 is 1.74. The molecule has 3 heterocycles. The number of hydrogen-bond donors (Lipinski definition) is 1. The number of fused-ring (bicyclic) bond motifs is 2. The van der Waals surface area contributed by atoms with Gasteiger partial charge in [-0.1, -0.05) is 12.8 Å². The largest absolute Gasteiger partial charge is 0.369 e. The van der Waals surface area contributed by atoms with E-state index < -0.39 is 0 Å². The van der Waals surface area contributed by atoms with Gasteiger partial charge in [-0.15, -0.1) is 0 Å². The molecule has 2 aromatic heterocycles. The van der Waals surface area contributed by atoms with Crippen LogP contribution in [0, 0.1) is 11.3 Å². The molecule has 35 heavy (non-hydrogen) atoms. The summed E-state index contributed by atoms with van der Waals surface area (Å²) in [7, 11) is 2.19. The van der Waals surface area contributed by atoms with Crippen molar-refractivity contribution in [2.75, 3.05) is 43.4 Å². The molecule has 0 radical (unpaired) electrons. The van der Waals surface area contributed by atoms with E-state index in [1.54, 1.807) is 16.8 Å². The van der Waals surface area contributed by atoms with Gasteiger partial charge in [-0.05, 0) is 68.5 Å². The van der Waals surface area contributed by atoms with Crippen molar-refractivity contribution in [1.82, 2.24) is 19.4 Å². The molecule has 1 aromatic carbocycles. The van der Waals surface area contributed by atoms with Crippen LogP contribution in [0.3, 0.4) is 0 Å². The van der Waals surface area contributed by atoms with Crippen LogP contribution < -0.4 is 15.8 Å². The third kappa shape index (κ3) is 3.94. The van der Waals surface area contributed by atoms with Crippen molar-refractivity contribution in [3.63, 3.8) is 0 Å². The van der Waals surface area contributed by atoms with Gasteiger partial charge in [-0.2, -0.15) is 10.2 Å². The van der Waals surface area contributed by atoms with E-state index in [2.05, 4.69) is 45.4 Å². The highest BCUT2D eigenvalue weighted by Gasteiger charge is 2.25. The molecule has 3 aliphatic rings. The molecule has 3 aromatic rings. The second kappa shape index (κ2) is 8.97. The molecule has 2 aliphatic carbocycles. The third-order valence-electron chi connectivity index (χ3n) is 7.93. The van der Waals surface area contributed by atoms with Gasteiger partial charge in [-0.25, -0.2) is 4.98 Å². The zero-order chi connectivity index (χ0) is 23.9. The number of nitrogens with one attached hydrogen (secondary N) is 1. The highest BCUT2D eigenvalue weighted by atomic mass is 16.1. The number of aromatic nitrogens is 3. The van der Waals surface area contributed by atoms with Crippen molar-refractivity contribution in [3.8, 4) is 6.07 Å². The summed E-state index contributed by atoms with van der Waals surface area (Å²) in [5.74, 6) is 0.495. The topological polar surface area (TPSA) is 90.1 Å². The minimum absolute atomic E-state index is 0.0909. The van der Waals surface area contributed by atoms with Gasteiger partial charge in [0.25, 0.3) is 5.56 Å². The van der Waals surface area contributed by atoms with Crippen molar-refractivity contribution in [2.24, 2.45) is 0 Å². The summed E-state index contributed by atoms with van der Waals surface area (Å²) in [5.41, 5.74) is 5.76. The Morgan fingerprint density at radius 3 is 2.60 bits per heavy atom. The lowest BCUT2D eigenvalue weighted by atomic mass is 10.0. The van der Waals surface area contributed by atoms with Crippen molar-refractivity contribution >= 4 is 28.4 Å². The molecule has 180 valence electrons. The van der Waals surface area contributed by atoms with E-state index in [4.69, 9.17) is 4.98 Å². The second-order valence-corrected chi connectivity index (χ2v) is 10.1. The zero-order valence-electron chi connectivity index (χ0n) is 20.3. The van der Waals surface area contributed by atoms with Crippen LogP contribution in [0.2, 0.25) is 0 Å². The van der Waals surface area contributed by atoms with E-state index in [0.717, 1.165) is 82.2 Å². The molecule has 1 saturated heterocycles. The molecule has 0 unspecified atom stereocenters. The number of piperazine rings is 1. The molecule has 0 bridgehead atoms. The van der Waals surface area contributed by atoms with Gasteiger partial charge in [0, 0.05) is 55.2 Å². The van der Waals surface area contributed by atoms with E-state index >= 15 is 0 Å². The number of nitriles is 1. The zero-order valence-corrected chi connectivity index (χ0v) is 20.3. The van der Waals surface area contributed by atoms with Crippen LogP contribution in [0.15, 0.2) is 29.2 Å². The molecule has 1 aliphatic heterocycles. The summed E-state index contributed by atoms with van der Waals surface area (Å²) >= 11 is 0. The molecule has 2 fully saturated rings. The van der Waals surface area contributed by atoms with Crippen LogP contribution >= 0.6 is 0 Å². The van der Waals surface area contributed by atoms with E-state index in [1.807, 2.05) is 0 Å². The highest BCUT2D eigenvalue weighted by Crippen LogP contribution is 2.38. The van der Waals surface area contributed by atoms with Crippen LogP contribution in [0.25, 0.3) is 11.0 Å². The SMILES string of the molecule is CN1CCN(c2ccc(Nc3ncc4cc(C#N)c(=O)n(C5CCCC5)c4n3)c3c2CCC3)CC1. The standard InChI is InChI=1S/C27H31N7O/c1-32-11-13-33(14-12-32)24-10-9-23(21-7-4-8-22(21)24)30-27-29-17-19-15-18(16-28)26(35)34(25(19)31-27)20-5-2-3-6-20/h9-10,15,17,20H,2-8,11-14H2,1H3,(H,29,30,31). The number of benzene rings is 1. The van der Waals surface area contributed by atoms with Crippen LogP contribution in [-0.2, 0) is 12.8 Å². The number of nitrogens with zero attached hydrogens (tertiary/aromatic N) is 6. The van der Waals surface area contributed by atoms with Gasteiger partial charge in [0.05, 0.1) is 0 Å². The minimum atomic E-state index is -0.242. The van der Waals surface area contributed by atoms with E-state index in [-0.39, 0.29) is 17.2 Å². The summed E-state index contributed by atoms with van der Waals surface area (Å²) in [6, 6.07) is 8.17. The fourth-order valence-electron chi connectivity index (χ4n) is 6.03. The summed E-state index contributed by atoms with van der Waals surface area (Å²) in [6.45, 7) is 4.31. The van der Waals surface area contributed by atoms with Crippen molar-refractivity contribution < 1.29 is 0 Å². The monoisotopic (exact) mass is 469 g/mol. The molecular formula is C27H31N7O. The fraction of sp³-hybridized carbons (Fsp3) is 0.481. The molecule has 0 atom stereocenters. The Balaban J connectivity index is 1.37. The Labute approximate surface area is 205 Å². The van der Waals surface area contributed by atoms with Gasteiger partial charge >= 0.3 is 0 Å². The van der Waals surface area contributed by atoms with E-state index in [9.17, 15) is 10.1 Å². The lowest BCUT2D eigenvalue weighted by Crippen LogP contribution is -2.44. The normalized spacial score (nSPS) is 18.7. The Morgan fingerprint density at radius 1 is 1.06 bits per heavy atom. The number of likely N-dealkylation sites (N-methyl/N-ethyl adjacent to an activating group) is 1. The average molecular weight is 470 g/mol. The number of anilines is 3. The van der Waals surface area contributed by atoms with Gasteiger partial charge in [0.1, 0.15) is 17.3 Å². The molecule has 1 saturated carbocycles. The van der Waals surface area contributed by atoms with E-state index in [0.29, 0.717) is 11.6 Å². The molecule has 1 N–H and O–H groups in total. The van der Waals surface area contributed by atoms with Crippen LogP contribution in [0.1, 0.15) is 54.8 Å². The fourth-order valence-corrected chi connectivity index (χ4v) is 6.03. The second-order valence-electron chi connectivity index (χ2n) is 10.1. The highest BCUT2D eigenvalue weighted by molar-refractivity contribution is 5.78. The van der Waals surface area contributed by atoms with Crippen LogP contribution in [0.5, 0.6) is 0 Å². The smallest absolute Gasteiger partial charge is 0.270 e. The quantitative estimate of drug-likeness (QED) is 0.622. The van der Waals surface area contributed by atoms with Crippen molar-refractivity contribution in [2.45, 2.75) is 51.0 Å². The first-order chi connectivity index (χ1) is 17.1. The molecule has 8 heteroatoms. The molecule has 6 rings (SSSR count). The first-order valence-corrected chi connectivity index (χ1v) is 12.8. The maximum Gasteiger partial charge on any atom is 0.270 e. The van der Waals surface area contributed by atoms with Crippen molar-refractivity contribution in [1.29, 1.82) is 5.26 Å². The lowest BCUT2D eigenvalue weighted by Gasteiger charge is -2.35. The molecule has 8 nitrogen and oxygen atoms in total. The van der Waals surface area contributed by atoms with Gasteiger partial charge in [0.2, 0.25) is 5.95 Å². The number of rotatable bonds is 4. The lowest BCUT2D eigenvalue weighted by molar-refractivity contribution is 0.312. The first kappa shape index (κ1) is 22.1. The minimum Gasteiger partial charge on any atom is -0.369 e. The first-order valence-electron chi connectivity index (χ1n) is 12.8. The Kier molecular flexibility index (Phi) is 5.65. The predicted octanol–water partition coefficient (Wildman–Crippen LogP) is 3.76.